The largest absolute Gasteiger partial charge is 0.481 e. The number of aromatic nitrogens is 2. The van der Waals surface area contributed by atoms with E-state index in [0.29, 0.717) is 12.5 Å². The van der Waals surface area contributed by atoms with Crippen LogP contribution < -0.4 is 5.73 Å². The SMILES string of the molecule is CC(CN)(Cc1ccn(C2CCCC2)n1)C(=O)O. The Hall–Kier alpha value is -1.36. The number of nitrogens with zero attached hydrogens (tertiary/aromatic N) is 2. The van der Waals surface area contributed by atoms with Crippen LogP contribution in [0.5, 0.6) is 0 Å². The normalized spacial score (nSPS) is 19.9. The summed E-state index contributed by atoms with van der Waals surface area (Å²) in [7, 11) is 0. The highest BCUT2D eigenvalue weighted by atomic mass is 16.4. The minimum absolute atomic E-state index is 0.124. The summed E-state index contributed by atoms with van der Waals surface area (Å²) in [5, 5.41) is 13.7. The van der Waals surface area contributed by atoms with Crippen molar-refractivity contribution >= 4 is 5.97 Å². The standard InChI is InChI=1S/C13H21N3O2/c1-13(9-14,12(17)18)8-10-6-7-16(15-10)11-4-2-3-5-11/h6-7,11H,2-5,8-9,14H2,1H3,(H,17,18). The lowest BCUT2D eigenvalue weighted by Gasteiger charge is -2.21. The maximum atomic E-state index is 11.2. The third-order valence-corrected chi connectivity index (χ3v) is 3.90. The summed E-state index contributed by atoms with van der Waals surface area (Å²) in [6.07, 6.45) is 7.22. The maximum absolute atomic E-state index is 11.2. The lowest BCUT2D eigenvalue weighted by molar-refractivity contribution is -0.147. The topological polar surface area (TPSA) is 81.1 Å². The van der Waals surface area contributed by atoms with Crippen LogP contribution in [0.15, 0.2) is 12.3 Å². The first kappa shape index (κ1) is 13.1. The summed E-state index contributed by atoms with van der Waals surface area (Å²) in [4.78, 5) is 11.2. The van der Waals surface area contributed by atoms with Gasteiger partial charge in [0, 0.05) is 19.2 Å². The average Bonchev–Trinajstić information content (AvgIpc) is 2.97. The van der Waals surface area contributed by atoms with Crippen LogP contribution in [0.4, 0.5) is 0 Å². The van der Waals surface area contributed by atoms with Gasteiger partial charge in [-0.1, -0.05) is 12.8 Å². The van der Waals surface area contributed by atoms with Crippen molar-refractivity contribution in [1.29, 1.82) is 0 Å². The molecule has 5 heteroatoms. The average molecular weight is 251 g/mol. The van der Waals surface area contributed by atoms with Gasteiger partial charge in [0.25, 0.3) is 0 Å². The van der Waals surface area contributed by atoms with Crippen molar-refractivity contribution in [1.82, 2.24) is 9.78 Å². The highest BCUT2D eigenvalue weighted by Crippen LogP contribution is 2.29. The van der Waals surface area contributed by atoms with E-state index < -0.39 is 11.4 Å². The third-order valence-electron chi connectivity index (χ3n) is 3.90. The predicted molar refractivity (Wildman–Crippen MR) is 68.2 cm³/mol. The molecular formula is C13H21N3O2. The van der Waals surface area contributed by atoms with Crippen LogP contribution >= 0.6 is 0 Å². The Morgan fingerprint density at radius 2 is 2.28 bits per heavy atom. The molecule has 0 saturated heterocycles. The number of nitrogens with two attached hydrogens (primary N) is 1. The van der Waals surface area contributed by atoms with Crippen molar-refractivity contribution in [3.63, 3.8) is 0 Å². The lowest BCUT2D eigenvalue weighted by atomic mass is 9.86. The molecule has 100 valence electrons. The van der Waals surface area contributed by atoms with Crippen molar-refractivity contribution in [2.75, 3.05) is 6.54 Å². The molecular weight excluding hydrogens is 230 g/mol. The Balaban J connectivity index is 2.08. The van der Waals surface area contributed by atoms with E-state index in [2.05, 4.69) is 5.10 Å². The zero-order valence-corrected chi connectivity index (χ0v) is 10.8. The minimum atomic E-state index is -0.922. The smallest absolute Gasteiger partial charge is 0.311 e. The molecule has 3 N–H and O–H groups in total. The van der Waals surface area contributed by atoms with Crippen LogP contribution in [0.25, 0.3) is 0 Å². The Bertz CT molecular complexity index is 424. The number of aliphatic carboxylic acids is 1. The zero-order chi connectivity index (χ0) is 13.2. The number of rotatable bonds is 5. The molecule has 5 nitrogen and oxygen atoms in total. The summed E-state index contributed by atoms with van der Waals surface area (Å²) >= 11 is 0. The Labute approximate surface area is 107 Å². The van der Waals surface area contributed by atoms with E-state index in [1.54, 1.807) is 6.92 Å². The summed E-state index contributed by atoms with van der Waals surface area (Å²) in [5.74, 6) is -0.861. The van der Waals surface area contributed by atoms with Crippen molar-refractivity contribution in [3.8, 4) is 0 Å². The number of hydrogen-bond donors (Lipinski definition) is 2. The molecule has 1 aromatic heterocycles. The van der Waals surface area contributed by atoms with Gasteiger partial charge in [0.15, 0.2) is 0 Å². The highest BCUT2D eigenvalue weighted by molar-refractivity contribution is 5.74. The van der Waals surface area contributed by atoms with Crippen molar-refractivity contribution < 1.29 is 9.90 Å². The van der Waals surface area contributed by atoms with Crippen LogP contribution in [0.2, 0.25) is 0 Å². The first-order valence-electron chi connectivity index (χ1n) is 6.53. The fraction of sp³-hybridized carbons (Fsp3) is 0.692. The van der Waals surface area contributed by atoms with Gasteiger partial charge in [0.1, 0.15) is 0 Å². The molecule has 1 heterocycles. The van der Waals surface area contributed by atoms with E-state index in [1.807, 2.05) is 16.9 Å². The number of carbonyl (C=O) groups is 1. The highest BCUT2D eigenvalue weighted by Gasteiger charge is 2.32. The maximum Gasteiger partial charge on any atom is 0.311 e. The van der Waals surface area contributed by atoms with Crippen molar-refractivity contribution in [2.24, 2.45) is 11.1 Å². The van der Waals surface area contributed by atoms with Crippen molar-refractivity contribution in [3.05, 3.63) is 18.0 Å². The molecule has 18 heavy (non-hydrogen) atoms. The van der Waals surface area contributed by atoms with Gasteiger partial charge in [-0.15, -0.1) is 0 Å². The molecule has 1 aromatic rings. The monoisotopic (exact) mass is 251 g/mol. The molecule has 1 atom stereocenters. The summed E-state index contributed by atoms with van der Waals surface area (Å²) in [6, 6.07) is 2.41. The number of carboxylic acid groups (broad SMARTS) is 1. The fourth-order valence-corrected chi connectivity index (χ4v) is 2.48. The molecule has 0 bridgehead atoms. The van der Waals surface area contributed by atoms with Gasteiger partial charge in [0.05, 0.1) is 17.2 Å². The van der Waals surface area contributed by atoms with Gasteiger partial charge in [-0.3, -0.25) is 9.48 Å². The molecule has 1 unspecified atom stereocenters. The molecule has 0 spiro atoms. The van der Waals surface area contributed by atoms with Gasteiger partial charge in [-0.05, 0) is 25.8 Å². The molecule has 1 aliphatic carbocycles. The Morgan fingerprint density at radius 3 is 2.83 bits per heavy atom. The quantitative estimate of drug-likeness (QED) is 0.832. The second kappa shape index (κ2) is 5.10. The van der Waals surface area contributed by atoms with E-state index >= 15 is 0 Å². The van der Waals surface area contributed by atoms with Gasteiger partial charge < -0.3 is 10.8 Å². The van der Waals surface area contributed by atoms with E-state index in [4.69, 9.17) is 5.73 Å². The molecule has 0 radical (unpaired) electrons. The summed E-state index contributed by atoms with van der Waals surface area (Å²) < 4.78 is 1.99. The molecule has 1 saturated carbocycles. The molecule has 0 aromatic carbocycles. The lowest BCUT2D eigenvalue weighted by Crippen LogP contribution is -2.37. The summed E-state index contributed by atoms with van der Waals surface area (Å²) in [6.45, 7) is 1.79. The van der Waals surface area contributed by atoms with E-state index in [9.17, 15) is 9.90 Å². The van der Waals surface area contributed by atoms with Crippen LogP contribution in [-0.2, 0) is 11.2 Å². The van der Waals surface area contributed by atoms with Gasteiger partial charge in [-0.2, -0.15) is 5.10 Å². The number of hydrogen-bond acceptors (Lipinski definition) is 3. The fourth-order valence-electron chi connectivity index (χ4n) is 2.48. The van der Waals surface area contributed by atoms with Crippen LogP contribution in [-0.4, -0.2) is 27.4 Å². The molecule has 2 rings (SSSR count). The van der Waals surface area contributed by atoms with Crippen LogP contribution in [0, 0.1) is 5.41 Å². The molecule has 1 aliphatic rings. The van der Waals surface area contributed by atoms with Gasteiger partial charge in [-0.25, -0.2) is 0 Å². The second-order valence-electron chi connectivity index (χ2n) is 5.47. The van der Waals surface area contributed by atoms with E-state index in [1.165, 1.54) is 25.7 Å². The molecule has 1 fully saturated rings. The minimum Gasteiger partial charge on any atom is -0.481 e. The first-order chi connectivity index (χ1) is 8.55. The van der Waals surface area contributed by atoms with Crippen molar-refractivity contribution in [2.45, 2.75) is 45.1 Å². The first-order valence-corrected chi connectivity index (χ1v) is 6.53. The van der Waals surface area contributed by atoms with E-state index in [-0.39, 0.29) is 6.54 Å². The Kier molecular flexibility index (Phi) is 3.71. The van der Waals surface area contributed by atoms with Crippen LogP contribution in [0.3, 0.4) is 0 Å². The predicted octanol–water partition coefficient (Wildman–Crippen LogP) is 1.59. The number of carboxylic acids is 1. The van der Waals surface area contributed by atoms with E-state index in [0.717, 1.165) is 5.69 Å². The third kappa shape index (κ3) is 2.56. The molecule has 0 amide bonds. The second-order valence-corrected chi connectivity index (χ2v) is 5.47. The molecule has 0 aliphatic heterocycles. The van der Waals surface area contributed by atoms with Gasteiger partial charge in [0.2, 0.25) is 0 Å². The zero-order valence-electron chi connectivity index (χ0n) is 10.8. The summed E-state index contributed by atoms with van der Waals surface area (Å²) in [5.41, 5.74) is 5.46. The Morgan fingerprint density at radius 1 is 1.61 bits per heavy atom. The van der Waals surface area contributed by atoms with Crippen LogP contribution in [0.1, 0.15) is 44.3 Å². The van der Waals surface area contributed by atoms with Gasteiger partial charge >= 0.3 is 5.97 Å².